The van der Waals surface area contributed by atoms with E-state index in [2.05, 4.69) is 10.1 Å². The van der Waals surface area contributed by atoms with Gasteiger partial charge in [-0.15, -0.1) is 0 Å². The van der Waals surface area contributed by atoms with Gasteiger partial charge in [0, 0.05) is 36.0 Å². The van der Waals surface area contributed by atoms with Gasteiger partial charge in [-0.25, -0.2) is 9.67 Å². The monoisotopic (exact) mass is 188 g/mol. The number of hydrogen-bond acceptors (Lipinski definition) is 3. The molecule has 0 bridgehead atoms. The predicted octanol–water partition coefficient (Wildman–Crippen LogP) is 0.592. The van der Waals surface area contributed by atoms with E-state index in [1.165, 1.54) is 4.68 Å². The van der Waals surface area contributed by atoms with Crippen LogP contribution in [0.5, 0.6) is 5.75 Å². The van der Waals surface area contributed by atoms with Gasteiger partial charge >= 0.3 is 0 Å². The van der Waals surface area contributed by atoms with E-state index in [0.717, 1.165) is 0 Å². The molecule has 2 aromatic heterocycles. The molecule has 0 spiro atoms. The summed E-state index contributed by atoms with van der Waals surface area (Å²) in [5, 5.41) is 13.3. The first-order valence-corrected chi connectivity index (χ1v) is 3.52. The van der Waals surface area contributed by atoms with Crippen LogP contribution in [-0.2, 0) is 0 Å². The number of aromatic hydroxyl groups is 1. The Kier molecular flexibility index (Phi) is 3.07. The van der Waals surface area contributed by atoms with Gasteiger partial charge in [-0.05, 0) is 18.2 Å². The Labute approximate surface area is 86.0 Å². The van der Waals surface area contributed by atoms with Crippen molar-refractivity contribution in [3.63, 3.8) is 0 Å². The van der Waals surface area contributed by atoms with Gasteiger partial charge in [0.2, 0.25) is 0 Å². The fraction of sp³-hybridized carbons (Fsp3) is 0. The number of hydrogen-bond donors (Lipinski definition) is 1. The summed E-state index contributed by atoms with van der Waals surface area (Å²) in [5.74, 6) is 0.573. The van der Waals surface area contributed by atoms with Crippen molar-refractivity contribution in [3.8, 4) is 11.6 Å². The third-order valence-corrected chi connectivity index (χ3v) is 1.49. The van der Waals surface area contributed by atoms with Gasteiger partial charge in [0.25, 0.3) is 0 Å². The maximum Gasteiger partial charge on any atom is 0.195 e. The van der Waals surface area contributed by atoms with Gasteiger partial charge in [0.05, 0.1) is 0 Å². The Hall–Kier alpha value is -1.31. The molecule has 2 aromatic rings. The molecule has 13 heavy (non-hydrogen) atoms. The van der Waals surface area contributed by atoms with E-state index < -0.39 is 0 Å². The molecule has 0 saturated carbocycles. The molecule has 0 amide bonds. The highest BCUT2D eigenvalue weighted by atomic mass is 27.0. The summed E-state index contributed by atoms with van der Waals surface area (Å²) in [6.07, 6.45) is 4.97. The molecule has 2 heterocycles. The highest BCUT2D eigenvalue weighted by Crippen LogP contribution is 2.15. The Morgan fingerprint density at radius 3 is 2.69 bits per heavy atom. The average molecular weight is 188 g/mol. The van der Waals surface area contributed by atoms with Crippen molar-refractivity contribution in [2.24, 2.45) is 0 Å². The molecule has 63 valence electrons. The molecule has 4 nitrogen and oxygen atoms in total. The summed E-state index contributed by atoms with van der Waals surface area (Å²) in [6.45, 7) is 0. The van der Waals surface area contributed by atoms with Gasteiger partial charge in [-0.2, -0.15) is 5.10 Å². The minimum Gasteiger partial charge on any atom is -0.504 e. The van der Waals surface area contributed by atoms with E-state index in [4.69, 9.17) is 0 Å². The van der Waals surface area contributed by atoms with Crippen LogP contribution >= 0.6 is 0 Å². The molecule has 0 atom stereocenters. The van der Waals surface area contributed by atoms with Crippen LogP contribution in [0.15, 0.2) is 36.8 Å². The average Bonchev–Trinajstić information content (AvgIpc) is 2.57. The number of aromatic nitrogens is 3. The van der Waals surface area contributed by atoms with Crippen molar-refractivity contribution in [1.82, 2.24) is 14.8 Å². The van der Waals surface area contributed by atoms with E-state index >= 15 is 0 Å². The van der Waals surface area contributed by atoms with Crippen molar-refractivity contribution >= 4 is 17.4 Å². The first-order chi connectivity index (χ1) is 5.88. The minimum atomic E-state index is 0. The SMILES string of the molecule is Oc1cccnc1-n1cccn1.[Al]. The summed E-state index contributed by atoms with van der Waals surface area (Å²) in [6, 6.07) is 5.01. The predicted molar refractivity (Wildman–Crippen MR) is 48.8 cm³/mol. The van der Waals surface area contributed by atoms with Gasteiger partial charge in [0.15, 0.2) is 11.6 Å². The molecule has 1 N–H and O–H groups in total. The zero-order chi connectivity index (χ0) is 8.39. The topological polar surface area (TPSA) is 50.9 Å². The van der Waals surface area contributed by atoms with Crippen LogP contribution in [0.25, 0.3) is 5.82 Å². The third-order valence-electron chi connectivity index (χ3n) is 1.49. The van der Waals surface area contributed by atoms with Crippen molar-refractivity contribution < 1.29 is 5.11 Å². The van der Waals surface area contributed by atoms with Gasteiger partial charge in [-0.3, -0.25) is 0 Å². The maximum absolute atomic E-state index is 9.36. The summed E-state index contributed by atoms with van der Waals surface area (Å²) >= 11 is 0. The van der Waals surface area contributed by atoms with Crippen LogP contribution in [0.2, 0.25) is 0 Å². The number of nitrogens with zero attached hydrogens (tertiary/aromatic N) is 3. The van der Waals surface area contributed by atoms with E-state index in [9.17, 15) is 5.11 Å². The summed E-state index contributed by atoms with van der Waals surface area (Å²) in [5.41, 5.74) is 0. The van der Waals surface area contributed by atoms with Gasteiger partial charge in [-0.1, -0.05) is 0 Å². The molecule has 0 unspecified atom stereocenters. The third kappa shape index (κ3) is 1.89. The highest BCUT2D eigenvalue weighted by Gasteiger charge is 2.01. The summed E-state index contributed by atoms with van der Waals surface area (Å²) < 4.78 is 1.51. The Morgan fingerprint density at radius 2 is 2.08 bits per heavy atom. The summed E-state index contributed by atoms with van der Waals surface area (Å²) in [7, 11) is 0. The minimum absolute atomic E-state index is 0. The second-order valence-corrected chi connectivity index (χ2v) is 2.30. The quantitative estimate of drug-likeness (QED) is 0.666. The Balaban J connectivity index is 0.000000845. The maximum atomic E-state index is 9.36. The van der Waals surface area contributed by atoms with Crippen LogP contribution in [0.1, 0.15) is 0 Å². The fourth-order valence-corrected chi connectivity index (χ4v) is 0.959. The Morgan fingerprint density at radius 1 is 1.23 bits per heavy atom. The normalized spacial score (nSPS) is 9.23. The molecule has 0 aliphatic carbocycles. The number of rotatable bonds is 1. The van der Waals surface area contributed by atoms with Crippen LogP contribution < -0.4 is 0 Å². The molecule has 2 rings (SSSR count). The zero-order valence-electron chi connectivity index (χ0n) is 6.83. The van der Waals surface area contributed by atoms with E-state index in [0.29, 0.717) is 5.82 Å². The van der Waals surface area contributed by atoms with E-state index in [-0.39, 0.29) is 23.1 Å². The number of pyridine rings is 1. The van der Waals surface area contributed by atoms with Gasteiger partial charge in [0.1, 0.15) is 0 Å². The van der Waals surface area contributed by atoms with Crippen molar-refractivity contribution in [2.45, 2.75) is 0 Å². The molecule has 0 aliphatic heterocycles. The zero-order valence-corrected chi connectivity index (χ0v) is 7.99. The van der Waals surface area contributed by atoms with Gasteiger partial charge < -0.3 is 5.11 Å². The van der Waals surface area contributed by atoms with Crippen LogP contribution in [0.3, 0.4) is 0 Å². The molecule has 0 aliphatic rings. The highest BCUT2D eigenvalue weighted by molar-refractivity contribution is 5.75. The van der Waals surface area contributed by atoms with Crippen molar-refractivity contribution in [2.75, 3.05) is 0 Å². The van der Waals surface area contributed by atoms with Crippen molar-refractivity contribution in [3.05, 3.63) is 36.8 Å². The van der Waals surface area contributed by atoms with Crippen LogP contribution in [0.4, 0.5) is 0 Å². The molecule has 3 radical (unpaired) electrons. The van der Waals surface area contributed by atoms with Crippen LogP contribution in [-0.4, -0.2) is 37.2 Å². The second kappa shape index (κ2) is 4.08. The molecular weight excluding hydrogens is 181 g/mol. The smallest absolute Gasteiger partial charge is 0.195 e. The second-order valence-electron chi connectivity index (χ2n) is 2.30. The lowest BCUT2D eigenvalue weighted by molar-refractivity contribution is 0.467. The molecule has 0 saturated heterocycles. The van der Waals surface area contributed by atoms with E-state index in [1.807, 2.05) is 0 Å². The van der Waals surface area contributed by atoms with Crippen LogP contribution in [0, 0.1) is 0 Å². The standard InChI is InChI=1S/C8H7N3O.Al/c12-7-3-1-4-9-8(7)11-6-2-5-10-11;/h1-6,12H;. The lowest BCUT2D eigenvalue weighted by atomic mass is 10.4. The fourth-order valence-electron chi connectivity index (χ4n) is 0.959. The van der Waals surface area contributed by atoms with Crippen molar-refractivity contribution in [1.29, 1.82) is 0 Å². The molecule has 0 fully saturated rings. The lowest BCUT2D eigenvalue weighted by Crippen LogP contribution is -1.96. The van der Waals surface area contributed by atoms with E-state index in [1.54, 1.807) is 36.8 Å². The molecule has 0 aromatic carbocycles. The molecule has 5 heteroatoms. The first-order valence-electron chi connectivity index (χ1n) is 3.52. The largest absolute Gasteiger partial charge is 0.504 e. The molecular formula is C8H7AlN3O. The summed E-state index contributed by atoms with van der Waals surface area (Å²) in [4.78, 5) is 3.97. The first kappa shape index (κ1) is 9.78. The Bertz CT molecular complexity index is 375. The lowest BCUT2D eigenvalue weighted by Gasteiger charge is -2.00.